The highest BCUT2D eigenvalue weighted by Crippen LogP contribution is 2.39. The normalized spacial score (nSPS) is 13.0. The second-order valence-electron chi connectivity index (χ2n) is 5.20. The lowest BCUT2D eigenvalue weighted by atomic mass is 9.98. The third kappa shape index (κ3) is 2.79. The molecule has 1 aliphatic rings. The molecule has 2 aromatic carbocycles. The van der Waals surface area contributed by atoms with Crippen molar-refractivity contribution in [2.75, 3.05) is 6.79 Å². The molecule has 0 saturated heterocycles. The molecule has 0 fully saturated rings. The number of hydrogen-bond donors (Lipinski definition) is 1. The van der Waals surface area contributed by atoms with E-state index in [0.29, 0.717) is 11.3 Å². The summed E-state index contributed by atoms with van der Waals surface area (Å²) in [7, 11) is 0. The first-order valence-corrected chi connectivity index (χ1v) is 7.06. The monoisotopic (exact) mass is 327 g/mol. The first-order valence-electron chi connectivity index (χ1n) is 7.06. The number of fused-ring (bicyclic) bond motifs is 1. The zero-order chi connectivity index (χ0) is 17.3. The van der Waals surface area contributed by atoms with Gasteiger partial charge in [-0.3, -0.25) is 10.1 Å². The number of carboxylic acids is 1. The van der Waals surface area contributed by atoms with Crippen LogP contribution in [0.4, 0.5) is 5.69 Å². The van der Waals surface area contributed by atoms with Crippen molar-refractivity contribution >= 4 is 23.3 Å². The van der Waals surface area contributed by atoms with Gasteiger partial charge in [-0.05, 0) is 30.2 Å². The number of nitro benzene ring substituents is 1. The Morgan fingerprint density at radius 2 is 1.92 bits per heavy atom. The molecule has 0 unspecified atom stereocenters. The molecule has 24 heavy (non-hydrogen) atoms. The molecule has 0 radical (unpaired) electrons. The van der Waals surface area contributed by atoms with Crippen molar-refractivity contribution in [3.8, 4) is 11.5 Å². The van der Waals surface area contributed by atoms with Crippen molar-refractivity contribution in [2.45, 2.75) is 6.92 Å². The van der Waals surface area contributed by atoms with Gasteiger partial charge in [0, 0.05) is 0 Å². The molecule has 0 saturated carbocycles. The van der Waals surface area contributed by atoms with Crippen LogP contribution in [0.25, 0.3) is 11.6 Å². The molecule has 7 heteroatoms. The minimum absolute atomic E-state index is 0.0246. The first-order chi connectivity index (χ1) is 11.5. The Morgan fingerprint density at radius 3 is 2.54 bits per heavy atom. The van der Waals surface area contributed by atoms with Gasteiger partial charge < -0.3 is 14.6 Å². The Morgan fingerprint density at radius 1 is 1.25 bits per heavy atom. The van der Waals surface area contributed by atoms with Gasteiger partial charge in [0.15, 0.2) is 11.5 Å². The molecule has 0 aromatic heterocycles. The van der Waals surface area contributed by atoms with E-state index in [1.807, 2.05) is 0 Å². The summed E-state index contributed by atoms with van der Waals surface area (Å²) < 4.78 is 10.4. The molecule has 0 spiro atoms. The largest absolute Gasteiger partial charge is 0.478 e. The summed E-state index contributed by atoms with van der Waals surface area (Å²) in [6.07, 6.45) is 1.28. The fourth-order valence-corrected chi connectivity index (χ4v) is 2.51. The number of carbonyl (C=O) groups is 1. The smallest absolute Gasteiger partial charge is 0.336 e. The summed E-state index contributed by atoms with van der Waals surface area (Å²) in [4.78, 5) is 22.4. The number of benzene rings is 2. The van der Waals surface area contributed by atoms with Gasteiger partial charge in [-0.25, -0.2) is 4.79 Å². The lowest BCUT2D eigenvalue weighted by Gasteiger charge is -2.07. The van der Waals surface area contributed by atoms with Crippen molar-refractivity contribution in [3.63, 3.8) is 0 Å². The number of nitrogens with zero attached hydrogens (tertiary/aromatic N) is 1. The number of aryl methyl sites for hydroxylation is 1. The van der Waals surface area contributed by atoms with Crippen LogP contribution in [0.15, 0.2) is 36.4 Å². The molecule has 2 aromatic rings. The highest BCUT2D eigenvalue weighted by molar-refractivity contribution is 6.21. The topological polar surface area (TPSA) is 98.9 Å². The van der Waals surface area contributed by atoms with Crippen molar-refractivity contribution in [1.82, 2.24) is 0 Å². The van der Waals surface area contributed by atoms with Gasteiger partial charge in [0.25, 0.3) is 5.69 Å². The van der Waals surface area contributed by atoms with Crippen LogP contribution < -0.4 is 9.47 Å². The number of ether oxygens (including phenoxy) is 2. The molecule has 0 bridgehead atoms. The van der Waals surface area contributed by atoms with Gasteiger partial charge in [0.2, 0.25) is 6.79 Å². The average molecular weight is 327 g/mol. The van der Waals surface area contributed by atoms with Crippen LogP contribution in [0.1, 0.15) is 16.7 Å². The Labute approximate surface area is 136 Å². The number of nitro groups is 1. The second-order valence-corrected chi connectivity index (χ2v) is 5.20. The Balaban J connectivity index is 2.19. The molecule has 122 valence electrons. The second kappa shape index (κ2) is 6.04. The van der Waals surface area contributed by atoms with Crippen molar-refractivity contribution in [1.29, 1.82) is 0 Å². The number of hydrogen-bond acceptors (Lipinski definition) is 5. The van der Waals surface area contributed by atoms with Gasteiger partial charge in [-0.1, -0.05) is 24.3 Å². The minimum atomic E-state index is -1.17. The molecule has 7 nitrogen and oxygen atoms in total. The average Bonchev–Trinajstić information content (AvgIpc) is 2.99. The fourth-order valence-electron chi connectivity index (χ4n) is 2.51. The summed E-state index contributed by atoms with van der Waals surface area (Å²) in [6.45, 7) is 1.75. The van der Waals surface area contributed by atoms with Gasteiger partial charge >= 0.3 is 5.97 Å². The van der Waals surface area contributed by atoms with Gasteiger partial charge in [-0.2, -0.15) is 0 Å². The molecule has 1 heterocycles. The van der Waals surface area contributed by atoms with E-state index in [1.54, 1.807) is 31.2 Å². The van der Waals surface area contributed by atoms with Gasteiger partial charge in [-0.15, -0.1) is 0 Å². The highest BCUT2D eigenvalue weighted by Gasteiger charge is 2.24. The third-order valence-electron chi connectivity index (χ3n) is 3.68. The number of carboxylic acid groups (broad SMARTS) is 1. The SMILES string of the molecule is Cc1ccccc1/C(=C/c1cc2c(cc1[N+](=O)[O-])OCO2)C(=O)O. The standard InChI is InChI=1S/C17H13NO6/c1-10-4-2-3-5-12(10)13(17(19)20)6-11-7-15-16(24-9-23-15)8-14(11)18(21)22/h2-8H,9H2,1H3,(H,19,20)/b13-6-. The minimum Gasteiger partial charge on any atom is -0.478 e. The zero-order valence-corrected chi connectivity index (χ0v) is 12.7. The maximum absolute atomic E-state index is 11.7. The van der Waals surface area contributed by atoms with E-state index in [1.165, 1.54) is 18.2 Å². The van der Waals surface area contributed by atoms with Crippen LogP contribution in [0.3, 0.4) is 0 Å². The molecule has 0 amide bonds. The molecule has 1 aliphatic heterocycles. The third-order valence-corrected chi connectivity index (χ3v) is 3.68. The lowest BCUT2D eigenvalue weighted by molar-refractivity contribution is -0.385. The van der Waals surface area contributed by atoms with E-state index in [4.69, 9.17) is 9.47 Å². The van der Waals surface area contributed by atoms with Crippen LogP contribution in [-0.2, 0) is 4.79 Å². The summed E-state index contributed by atoms with van der Waals surface area (Å²) in [6, 6.07) is 9.61. The zero-order valence-electron chi connectivity index (χ0n) is 12.7. The van der Waals surface area contributed by atoms with Crippen LogP contribution in [0.2, 0.25) is 0 Å². The molecule has 1 N–H and O–H groups in total. The van der Waals surface area contributed by atoms with Crippen molar-refractivity contribution in [3.05, 3.63) is 63.2 Å². The predicted octanol–water partition coefficient (Wildman–Crippen LogP) is 3.26. The van der Waals surface area contributed by atoms with Gasteiger partial charge in [0.05, 0.1) is 22.1 Å². The van der Waals surface area contributed by atoms with Crippen LogP contribution >= 0.6 is 0 Å². The number of aliphatic carboxylic acids is 1. The van der Waals surface area contributed by atoms with E-state index in [2.05, 4.69) is 0 Å². The molecular formula is C17H13NO6. The van der Waals surface area contributed by atoms with Gasteiger partial charge in [0.1, 0.15) is 0 Å². The van der Waals surface area contributed by atoms with Crippen LogP contribution in [-0.4, -0.2) is 22.8 Å². The Bertz CT molecular complexity index is 871. The van der Waals surface area contributed by atoms with E-state index < -0.39 is 10.9 Å². The molecule has 0 atom stereocenters. The quantitative estimate of drug-likeness (QED) is 0.400. The summed E-state index contributed by atoms with van der Waals surface area (Å²) in [5.41, 5.74) is 1.12. The Hall–Kier alpha value is -3.35. The van der Waals surface area contributed by atoms with E-state index in [9.17, 15) is 20.0 Å². The van der Waals surface area contributed by atoms with Crippen molar-refractivity contribution in [2.24, 2.45) is 0 Å². The van der Waals surface area contributed by atoms with E-state index in [-0.39, 0.29) is 29.4 Å². The van der Waals surface area contributed by atoms with Crippen LogP contribution in [0, 0.1) is 17.0 Å². The summed E-state index contributed by atoms with van der Waals surface area (Å²) in [5.74, 6) is -0.552. The highest BCUT2D eigenvalue weighted by atomic mass is 16.7. The maximum Gasteiger partial charge on any atom is 0.336 e. The molecule has 0 aliphatic carbocycles. The summed E-state index contributed by atoms with van der Waals surface area (Å²) >= 11 is 0. The molecule has 3 rings (SSSR count). The Kier molecular flexibility index (Phi) is 3.91. The van der Waals surface area contributed by atoms with Crippen molar-refractivity contribution < 1.29 is 24.3 Å². The van der Waals surface area contributed by atoms with Crippen LogP contribution in [0.5, 0.6) is 11.5 Å². The fraction of sp³-hybridized carbons (Fsp3) is 0.118. The summed E-state index contributed by atoms with van der Waals surface area (Å²) in [5, 5.41) is 20.9. The molecular weight excluding hydrogens is 314 g/mol. The van der Waals surface area contributed by atoms with E-state index >= 15 is 0 Å². The number of rotatable bonds is 4. The lowest BCUT2D eigenvalue weighted by Crippen LogP contribution is -2.02. The first kappa shape index (κ1) is 15.5. The maximum atomic E-state index is 11.7. The van der Waals surface area contributed by atoms with E-state index in [0.717, 1.165) is 5.56 Å². The predicted molar refractivity (Wildman–Crippen MR) is 85.9 cm³/mol.